The smallest absolute Gasteiger partial charge is 0.363 e. The molecule has 0 spiro atoms. The van der Waals surface area contributed by atoms with E-state index in [1.165, 1.54) is 18.0 Å². The van der Waals surface area contributed by atoms with Gasteiger partial charge in [-0.05, 0) is 12.3 Å². The molecule has 84 valence electrons. The second-order valence-electron chi connectivity index (χ2n) is 2.90. The molecule has 0 aliphatic rings. The van der Waals surface area contributed by atoms with E-state index in [-0.39, 0.29) is 10.9 Å². The lowest BCUT2D eigenvalue weighted by Crippen LogP contribution is -2.05. The zero-order chi connectivity index (χ0) is 11.7. The van der Waals surface area contributed by atoms with Gasteiger partial charge in [0.05, 0.1) is 0 Å². The summed E-state index contributed by atoms with van der Waals surface area (Å²) in [5, 5.41) is 0.647. The van der Waals surface area contributed by atoms with Crippen LogP contribution in [0.3, 0.4) is 0 Å². The SMILES string of the molecule is CSc1ncc2cc(C(F)F)oc(=O)c2n1. The van der Waals surface area contributed by atoms with Crippen LogP contribution in [0.15, 0.2) is 26.6 Å². The van der Waals surface area contributed by atoms with Gasteiger partial charge < -0.3 is 4.42 Å². The highest BCUT2D eigenvalue weighted by molar-refractivity contribution is 7.98. The van der Waals surface area contributed by atoms with Crippen molar-refractivity contribution in [3.05, 3.63) is 28.4 Å². The highest BCUT2D eigenvalue weighted by Crippen LogP contribution is 2.20. The predicted molar refractivity (Wildman–Crippen MR) is 54.8 cm³/mol. The quantitative estimate of drug-likeness (QED) is 0.599. The van der Waals surface area contributed by atoms with Gasteiger partial charge in [-0.25, -0.2) is 23.5 Å². The third kappa shape index (κ3) is 1.90. The van der Waals surface area contributed by atoms with Gasteiger partial charge in [-0.15, -0.1) is 0 Å². The number of aromatic nitrogens is 2. The van der Waals surface area contributed by atoms with E-state index in [0.29, 0.717) is 5.16 Å². The fourth-order valence-corrected chi connectivity index (χ4v) is 1.53. The fourth-order valence-electron chi connectivity index (χ4n) is 1.19. The Bertz CT molecular complexity index is 585. The molecule has 2 aromatic rings. The van der Waals surface area contributed by atoms with Crippen molar-refractivity contribution in [3.8, 4) is 0 Å². The lowest BCUT2D eigenvalue weighted by molar-refractivity contribution is 0.118. The van der Waals surface area contributed by atoms with Gasteiger partial charge in [-0.1, -0.05) is 11.8 Å². The monoisotopic (exact) mass is 244 g/mol. The van der Waals surface area contributed by atoms with Gasteiger partial charge in [0.2, 0.25) is 0 Å². The van der Waals surface area contributed by atoms with E-state index in [0.717, 1.165) is 6.07 Å². The molecule has 0 saturated carbocycles. The van der Waals surface area contributed by atoms with E-state index in [9.17, 15) is 13.6 Å². The molecule has 0 aromatic carbocycles. The molecule has 0 bridgehead atoms. The summed E-state index contributed by atoms with van der Waals surface area (Å²) in [5.41, 5.74) is -0.853. The van der Waals surface area contributed by atoms with E-state index in [1.807, 2.05) is 0 Å². The Labute approximate surface area is 92.7 Å². The Morgan fingerprint density at radius 1 is 1.50 bits per heavy atom. The van der Waals surface area contributed by atoms with Gasteiger partial charge in [0.15, 0.2) is 16.4 Å². The normalized spacial score (nSPS) is 11.2. The molecular weight excluding hydrogens is 238 g/mol. The summed E-state index contributed by atoms with van der Waals surface area (Å²) < 4.78 is 29.1. The summed E-state index contributed by atoms with van der Waals surface area (Å²) in [6.07, 6.45) is 0.255. The molecule has 2 heterocycles. The molecule has 0 unspecified atom stereocenters. The third-order valence-corrected chi connectivity index (χ3v) is 2.46. The zero-order valence-electron chi connectivity index (χ0n) is 8.11. The number of nitrogens with zero attached hydrogens (tertiary/aromatic N) is 2. The first-order chi connectivity index (χ1) is 7.61. The minimum atomic E-state index is -2.82. The van der Waals surface area contributed by atoms with Crippen LogP contribution in [0.5, 0.6) is 0 Å². The van der Waals surface area contributed by atoms with Gasteiger partial charge in [0.25, 0.3) is 6.43 Å². The Kier molecular flexibility index (Phi) is 2.86. The fraction of sp³-hybridized carbons (Fsp3) is 0.222. The maximum atomic E-state index is 12.3. The van der Waals surface area contributed by atoms with Crippen LogP contribution in [0.2, 0.25) is 0 Å². The van der Waals surface area contributed by atoms with Crippen LogP contribution in [0.1, 0.15) is 12.2 Å². The molecule has 2 rings (SSSR count). The van der Waals surface area contributed by atoms with Gasteiger partial charge in [-0.2, -0.15) is 0 Å². The van der Waals surface area contributed by atoms with Crippen molar-refractivity contribution < 1.29 is 13.2 Å². The molecule has 0 aliphatic carbocycles. The van der Waals surface area contributed by atoms with E-state index < -0.39 is 17.8 Å². The molecule has 4 nitrogen and oxygen atoms in total. The molecule has 0 aliphatic heterocycles. The Hall–Kier alpha value is -1.50. The van der Waals surface area contributed by atoms with Crippen LogP contribution >= 0.6 is 11.8 Å². The van der Waals surface area contributed by atoms with Crippen molar-refractivity contribution in [2.24, 2.45) is 0 Å². The van der Waals surface area contributed by atoms with Crippen LogP contribution < -0.4 is 5.63 Å². The maximum absolute atomic E-state index is 12.3. The standard InChI is InChI=1S/C9H6F2N2O2S/c1-16-9-12-3-4-2-5(7(10)11)15-8(14)6(4)13-9/h2-3,7H,1H3. The van der Waals surface area contributed by atoms with Gasteiger partial charge in [0.1, 0.15) is 0 Å². The van der Waals surface area contributed by atoms with Crippen molar-refractivity contribution in [3.63, 3.8) is 0 Å². The molecule has 0 N–H and O–H groups in total. The molecule has 0 amide bonds. The summed E-state index contributed by atoms with van der Waals surface area (Å²) in [6.45, 7) is 0. The zero-order valence-corrected chi connectivity index (χ0v) is 8.92. The topological polar surface area (TPSA) is 56.0 Å². The largest absolute Gasteiger partial charge is 0.420 e. The van der Waals surface area contributed by atoms with E-state index >= 15 is 0 Å². The first-order valence-corrected chi connectivity index (χ1v) is 5.47. The number of hydrogen-bond acceptors (Lipinski definition) is 5. The molecular formula is C9H6F2N2O2S. The molecule has 0 fully saturated rings. The van der Waals surface area contributed by atoms with Crippen LogP contribution in [0, 0.1) is 0 Å². The van der Waals surface area contributed by atoms with Crippen molar-refractivity contribution in [1.82, 2.24) is 9.97 Å². The van der Waals surface area contributed by atoms with E-state index in [1.54, 1.807) is 6.26 Å². The summed E-state index contributed by atoms with van der Waals surface area (Å²) in [7, 11) is 0. The van der Waals surface area contributed by atoms with Gasteiger partial charge >= 0.3 is 5.63 Å². The highest BCUT2D eigenvalue weighted by Gasteiger charge is 2.14. The predicted octanol–water partition coefficient (Wildman–Crippen LogP) is 2.24. The Balaban J connectivity index is 2.71. The molecule has 7 heteroatoms. The second-order valence-corrected chi connectivity index (χ2v) is 3.67. The van der Waals surface area contributed by atoms with Crippen molar-refractivity contribution in [2.75, 3.05) is 6.26 Å². The van der Waals surface area contributed by atoms with Crippen LogP contribution in [-0.2, 0) is 0 Å². The van der Waals surface area contributed by atoms with Crippen LogP contribution in [0.25, 0.3) is 10.9 Å². The van der Waals surface area contributed by atoms with E-state index in [4.69, 9.17) is 0 Å². The van der Waals surface area contributed by atoms with Gasteiger partial charge in [-0.3, -0.25) is 0 Å². The molecule has 0 atom stereocenters. The molecule has 16 heavy (non-hydrogen) atoms. The maximum Gasteiger partial charge on any atom is 0.363 e. The van der Waals surface area contributed by atoms with Crippen molar-refractivity contribution in [2.45, 2.75) is 11.6 Å². The lowest BCUT2D eigenvalue weighted by atomic mass is 10.3. The third-order valence-electron chi connectivity index (χ3n) is 1.89. The van der Waals surface area contributed by atoms with E-state index in [2.05, 4.69) is 14.4 Å². The summed E-state index contributed by atoms with van der Waals surface area (Å²) in [5.74, 6) is -0.669. The minimum Gasteiger partial charge on any atom is -0.420 e. The lowest BCUT2D eigenvalue weighted by Gasteiger charge is -2.01. The first-order valence-electron chi connectivity index (χ1n) is 4.24. The molecule has 0 radical (unpaired) electrons. The first kappa shape index (κ1) is 11.0. The average Bonchev–Trinajstić information content (AvgIpc) is 2.28. The number of fused-ring (bicyclic) bond motifs is 1. The van der Waals surface area contributed by atoms with Gasteiger partial charge in [0, 0.05) is 11.6 Å². The second kappa shape index (κ2) is 4.17. The number of halogens is 2. The Morgan fingerprint density at radius 3 is 2.88 bits per heavy atom. The summed E-state index contributed by atoms with van der Waals surface area (Å²) >= 11 is 1.25. The number of rotatable bonds is 2. The number of alkyl halides is 2. The highest BCUT2D eigenvalue weighted by atomic mass is 32.2. The Morgan fingerprint density at radius 2 is 2.25 bits per heavy atom. The average molecular weight is 244 g/mol. The minimum absolute atomic E-state index is 0.0174. The number of thioether (sulfide) groups is 1. The molecule has 2 aromatic heterocycles. The van der Waals surface area contributed by atoms with Crippen molar-refractivity contribution in [1.29, 1.82) is 0 Å². The molecule has 0 saturated heterocycles. The number of hydrogen-bond donors (Lipinski definition) is 0. The van der Waals surface area contributed by atoms with Crippen molar-refractivity contribution >= 4 is 22.7 Å². The summed E-state index contributed by atoms with van der Waals surface area (Å²) in [4.78, 5) is 19.2. The summed E-state index contributed by atoms with van der Waals surface area (Å²) in [6, 6.07) is 1.07. The van der Waals surface area contributed by atoms with Crippen LogP contribution in [-0.4, -0.2) is 16.2 Å². The van der Waals surface area contributed by atoms with Crippen LogP contribution in [0.4, 0.5) is 8.78 Å².